The number of thioether (sulfide) groups is 1. The summed E-state index contributed by atoms with van der Waals surface area (Å²) in [5.41, 5.74) is 4.10. The predicted molar refractivity (Wildman–Crippen MR) is 130 cm³/mol. The third kappa shape index (κ3) is 4.43. The molecule has 0 unspecified atom stereocenters. The molecule has 0 radical (unpaired) electrons. The summed E-state index contributed by atoms with van der Waals surface area (Å²) >= 11 is 1.28. The average molecular weight is 450 g/mol. The molecule has 0 aliphatic carbocycles. The van der Waals surface area contributed by atoms with Gasteiger partial charge in [0.2, 0.25) is 11.5 Å². The maximum atomic E-state index is 13.3. The standard InChI is InChI=1S/C25H27N3O3S/c1-15(2)12-13-28-24(30)23-22(18-10-5-6-11-19(18)31-23)27-25(28)32-14-20(29)26-21-16(3)8-7-9-17(21)4/h5-11,15H,12-14H2,1-4H3,(H,26,29). The molecule has 7 heteroatoms. The number of aromatic nitrogens is 2. The number of nitrogens with zero attached hydrogens (tertiary/aromatic N) is 2. The van der Waals surface area contributed by atoms with Crippen LogP contribution < -0.4 is 10.9 Å². The highest BCUT2D eigenvalue weighted by atomic mass is 32.2. The van der Waals surface area contributed by atoms with Gasteiger partial charge >= 0.3 is 0 Å². The number of amides is 1. The lowest BCUT2D eigenvalue weighted by molar-refractivity contribution is -0.113. The number of carbonyl (C=O) groups excluding carboxylic acids is 1. The highest BCUT2D eigenvalue weighted by molar-refractivity contribution is 7.99. The zero-order valence-corrected chi connectivity index (χ0v) is 19.6. The third-order valence-corrected chi connectivity index (χ3v) is 6.43. The minimum absolute atomic E-state index is 0.130. The van der Waals surface area contributed by atoms with Gasteiger partial charge in [-0.2, -0.15) is 0 Å². The molecule has 0 aliphatic rings. The van der Waals surface area contributed by atoms with E-state index in [-0.39, 0.29) is 22.8 Å². The Labute approximate surface area is 191 Å². The summed E-state index contributed by atoms with van der Waals surface area (Å²) in [4.78, 5) is 30.8. The fraction of sp³-hybridized carbons (Fsp3) is 0.320. The molecule has 6 nitrogen and oxygen atoms in total. The van der Waals surface area contributed by atoms with Crippen LogP contribution in [-0.4, -0.2) is 21.2 Å². The van der Waals surface area contributed by atoms with E-state index in [1.54, 1.807) is 4.57 Å². The second kappa shape index (κ2) is 9.20. The van der Waals surface area contributed by atoms with Crippen LogP contribution in [0.3, 0.4) is 0 Å². The van der Waals surface area contributed by atoms with Gasteiger partial charge in [-0.3, -0.25) is 14.2 Å². The van der Waals surface area contributed by atoms with Crippen LogP contribution in [0.25, 0.3) is 22.1 Å². The van der Waals surface area contributed by atoms with Crippen molar-refractivity contribution in [1.82, 2.24) is 9.55 Å². The first-order valence-corrected chi connectivity index (χ1v) is 11.7. The fourth-order valence-electron chi connectivity index (χ4n) is 3.67. The van der Waals surface area contributed by atoms with Crippen LogP contribution in [0.2, 0.25) is 0 Å². The maximum Gasteiger partial charge on any atom is 0.297 e. The largest absolute Gasteiger partial charge is 0.448 e. The van der Waals surface area contributed by atoms with Crippen LogP contribution in [0.15, 0.2) is 56.8 Å². The van der Waals surface area contributed by atoms with Crippen molar-refractivity contribution < 1.29 is 9.21 Å². The molecule has 0 aliphatic heterocycles. The van der Waals surface area contributed by atoms with Crippen molar-refractivity contribution in [3.63, 3.8) is 0 Å². The van der Waals surface area contributed by atoms with E-state index in [4.69, 9.17) is 9.40 Å². The van der Waals surface area contributed by atoms with Gasteiger partial charge in [-0.05, 0) is 49.4 Å². The van der Waals surface area contributed by atoms with E-state index in [0.29, 0.717) is 28.7 Å². The molecule has 4 rings (SSSR count). The molecule has 0 atom stereocenters. The number of anilines is 1. The van der Waals surface area contributed by atoms with Crippen LogP contribution in [0, 0.1) is 19.8 Å². The summed E-state index contributed by atoms with van der Waals surface area (Å²) < 4.78 is 7.47. The number of nitrogens with one attached hydrogen (secondary N) is 1. The minimum atomic E-state index is -0.204. The molecular formula is C25H27N3O3S. The van der Waals surface area contributed by atoms with E-state index in [1.807, 2.05) is 56.3 Å². The van der Waals surface area contributed by atoms with Crippen molar-refractivity contribution in [2.75, 3.05) is 11.1 Å². The first-order valence-electron chi connectivity index (χ1n) is 10.8. The van der Waals surface area contributed by atoms with Crippen molar-refractivity contribution in [2.24, 2.45) is 5.92 Å². The summed E-state index contributed by atoms with van der Waals surface area (Å²) in [7, 11) is 0. The number of hydrogen-bond donors (Lipinski definition) is 1. The highest BCUT2D eigenvalue weighted by Crippen LogP contribution is 2.28. The molecule has 0 fully saturated rings. The minimum Gasteiger partial charge on any atom is -0.448 e. The van der Waals surface area contributed by atoms with Crippen molar-refractivity contribution >= 4 is 45.4 Å². The Kier molecular flexibility index (Phi) is 6.37. The van der Waals surface area contributed by atoms with Crippen molar-refractivity contribution in [1.29, 1.82) is 0 Å². The van der Waals surface area contributed by atoms with Gasteiger partial charge in [0.25, 0.3) is 5.56 Å². The Morgan fingerprint density at radius 3 is 2.56 bits per heavy atom. The molecule has 2 heterocycles. The molecule has 4 aromatic rings. The molecular weight excluding hydrogens is 422 g/mol. The van der Waals surface area contributed by atoms with Crippen LogP contribution in [0.4, 0.5) is 5.69 Å². The van der Waals surface area contributed by atoms with Crippen molar-refractivity contribution in [3.05, 3.63) is 63.9 Å². The zero-order valence-electron chi connectivity index (χ0n) is 18.8. The SMILES string of the molecule is Cc1cccc(C)c1NC(=O)CSc1nc2c(oc3ccccc32)c(=O)n1CCC(C)C. The second-order valence-electron chi connectivity index (χ2n) is 8.41. The topological polar surface area (TPSA) is 77.1 Å². The number of furan rings is 1. The maximum absolute atomic E-state index is 13.3. The summed E-state index contributed by atoms with van der Waals surface area (Å²) in [6, 6.07) is 13.4. The smallest absolute Gasteiger partial charge is 0.297 e. The molecule has 1 N–H and O–H groups in total. The molecule has 32 heavy (non-hydrogen) atoms. The van der Waals surface area contributed by atoms with Crippen LogP contribution >= 0.6 is 11.8 Å². The Balaban J connectivity index is 1.66. The van der Waals surface area contributed by atoms with Crippen LogP contribution in [0.1, 0.15) is 31.4 Å². The first-order chi connectivity index (χ1) is 15.3. The van der Waals surface area contributed by atoms with Gasteiger partial charge in [-0.15, -0.1) is 0 Å². The lowest BCUT2D eigenvalue weighted by Gasteiger charge is -2.14. The normalized spacial score (nSPS) is 11.5. The number of para-hydroxylation sites is 2. The van der Waals surface area contributed by atoms with E-state index in [0.717, 1.165) is 28.6 Å². The van der Waals surface area contributed by atoms with Crippen LogP contribution in [-0.2, 0) is 11.3 Å². The number of benzene rings is 2. The van der Waals surface area contributed by atoms with E-state index in [9.17, 15) is 9.59 Å². The molecule has 0 saturated heterocycles. The summed E-state index contributed by atoms with van der Waals surface area (Å²) in [5, 5.41) is 4.34. The summed E-state index contributed by atoms with van der Waals surface area (Å²) in [5.74, 6) is 0.455. The van der Waals surface area contributed by atoms with Crippen LogP contribution in [0.5, 0.6) is 0 Å². The van der Waals surface area contributed by atoms with Gasteiger partial charge in [0, 0.05) is 17.6 Å². The molecule has 1 amide bonds. The fourth-order valence-corrected chi connectivity index (χ4v) is 4.48. The zero-order chi connectivity index (χ0) is 22.8. The number of hydrogen-bond acceptors (Lipinski definition) is 5. The Bertz CT molecular complexity index is 1330. The molecule has 166 valence electrons. The molecule has 0 saturated carbocycles. The van der Waals surface area contributed by atoms with Gasteiger partial charge in [0.15, 0.2) is 5.16 Å². The number of rotatable bonds is 7. The quantitative estimate of drug-likeness (QED) is 0.296. The third-order valence-electron chi connectivity index (χ3n) is 5.45. The Hall–Kier alpha value is -3.06. The second-order valence-corrected chi connectivity index (χ2v) is 9.36. The van der Waals surface area contributed by atoms with Crippen molar-refractivity contribution in [3.8, 4) is 0 Å². The van der Waals surface area contributed by atoms with E-state index in [2.05, 4.69) is 19.2 Å². The summed E-state index contributed by atoms with van der Waals surface area (Å²) in [6.07, 6.45) is 0.829. The van der Waals surface area contributed by atoms with E-state index < -0.39 is 0 Å². The monoisotopic (exact) mass is 449 g/mol. The van der Waals surface area contributed by atoms with Gasteiger partial charge in [0.1, 0.15) is 11.1 Å². The number of carbonyl (C=O) groups is 1. The summed E-state index contributed by atoms with van der Waals surface area (Å²) in [6.45, 7) is 8.70. The molecule has 2 aromatic carbocycles. The van der Waals surface area contributed by atoms with Crippen molar-refractivity contribution in [2.45, 2.75) is 45.8 Å². The van der Waals surface area contributed by atoms with Gasteiger partial charge in [0.05, 0.1) is 5.75 Å². The molecule has 2 aromatic heterocycles. The van der Waals surface area contributed by atoms with Gasteiger partial charge in [-0.25, -0.2) is 4.98 Å². The van der Waals surface area contributed by atoms with E-state index >= 15 is 0 Å². The number of aryl methyl sites for hydroxylation is 2. The highest BCUT2D eigenvalue weighted by Gasteiger charge is 2.19. The van der Waals surface area contributed by atoms with Gasteiger partial charge < -0.3 is 9.73 Å². The average Bonchev–Trinajstić information content (AvgIpc) is 3.13. The lowest BCUT2D eigenvalue weighted by atomic mass is 10.1. The Morgan fingerprint density at radius 1 is 1.12 bits per heavy atom. The molecule has 0 bridgehead atoms. The molecule has 0 spiro atoms. The lowest BCUT2D eigenvalue weighted by Crippen LogP contribution is -2.24. The Morgan fingerprint density at radius 2 is 1.84 bits per heavy atom. The predicted octanol–water partition coefficient (Wildman–Crippen LogP) is 5.54. The number of fused-ring (bicyclic) bond motifs is 3. The van der Waals surface area contributed by atoms with Gasteiger partial charge in [-0.1, -0.05) is 55.9 Å². The first kappa shape index (κ1) is 22.1. The van der Waals surface area contributed by atoms with E-state index in [1.165, 1.54) is 11.8 Å².